The van der Waals surface area contributed by atoms with E-state index in [0.29, 0.717) is 0 Å². The maximum atomic E-state index is 5.22. The van der Waals surface area contributed by atoms with Gasteiger partial charge in [-0.1, -0.05) is 37.9 Å². The van der Waals surface area contributed by atoms with Gasteiger partial charge in [0.2, 0.25) is 0 Å². The molecule has 1 aromatic carbocycles. The van der Waals surface area contributed by atoms with Crippen molar-refractivity contribution >= 4 is 55.4 Å². The Morgan fingerprint density at radius 2 is 2.00 bits per heavy atom. The summed E-state index contributed by atoms with van der Waals surface area (Å²) in [5.41, 5.74) is 8.63. The molecule has 1 rings (SSSR count). The zero-order chi connectivity index (χ0) is 10.6. The van der Waals surface area contributed by atoms with Crippen LogP contribution in [0.3, 0.4) is 0 Å². The summed E-state index contributed by atoms with van der Waals surface area (Å²) < 4.78 is 1.89. The molecule has 0 saturated heterocycles. The number of benzene rings is 1. The highest BCUT2D eigenvalue weighted by Gasteiger charge is 2.00. The second-order valence-electron chi connectivity index (χ2n) is 2.37. The highest BCUT2D eigenvalue weighted by molar-refractivity contribution is 9.11. The van der Waals surface area contributed by atoms with E-state index in [1.165, 1.54) is 0 Å². The minimum atomic E-state index is 0.143. The van der Waals surface area contributed by atoms with Gasteiger partial charge >= 0.3 is 0 Å². The second kappa shape index (κ2) is 5.43. The molecule has 6 heteroatoms. The van der Waals surface area contributed by atoms with Crippen molar-refractivity contribution in [2.75, 3.05) is 0 Å². The third-order valence-electron chi connectivity index (χ3n) is 1.37. The first kappa shape index (κ1) is 11.6. The van der Waals surface area contributed by atoms with Crippen molar-refractivity contribution in [3.8, 4) is 0 Å². The van der Waals surface area contributed by atoms with Crippen LogP contribution in [0.25, 0.3) is 0 Å². The molecule has 14 heavy (non-hydrogen) atoms. The number of hydrogen-bond acceptors (Lipinski definition) is 2. The molecule has 0 radical (unpaired) electrons. The van der Waals surface area contributed by atoms with Crippen molar-refractivity contribution in [1.29, 1.82) is 0 Å². The van der Waals surface area contributed by atoms with Gasteiger partial charge in [0, 0.05) is 14.5 Å². The lowest BCUT2D eigenvalue weighted by Gasteiger charge is -2.00. The molecule has 0 bridgehead atoms. The highest BCUT2D eigenvalue weighted by Crippen LogP contribution is 2.22. The van der Waals surface area contributed by atoms with Crippen LogP contribution in [0.4, 0.5) is 0 Å². The summed E-state index contributed by atoms with van der Waals surface area (Å²) in [5.74, 6) is 0. The predicted octanol–water partition coefficient (Wildman–Crippen LogP) is 2.38. The predicted molar refractivity (Wildman–Crippen MR) is 69.4 cm³/mol. The van der Waals surface area contributed by atoms with Gasteiger partial charge < -0.3 is 5.73 Å². The Bertz CT molecular complexity index is 359. The molecule has 0 unspecified atom stereocenters. The Labute approximate surface area is 104 Å². The van der Waals surface area contributed by atoms with E-state index in [0.717, 1.165) is 14.5 Å². The summed E-state index contributed by atoms with van der Waals surface area (Å²) in [4.78, 5) is 0. The third-order valence-corrected chi connectivity index (χ3v) is 2.84. The van der Waals surface area contributed by atoms with Crippen LogP contribution in [0.1, 0.15) is 5.56 Å². The lowest BCUT2D eigenvalue weighted by molar-refractivity contribution is 1.04. The van der Waals surface area contributed by atoms with E-state index in [2.05, 4.69) is 54.6 Å². The molecule has 0 spiro atoms. The zero-order valence-corrected chi connectivity index (χ0v) is 11.0. The fourth-order valence-electron chi connectivity index (χ4n) is 0.794. The number of nitrogens with one attached hydrogen (secondary N) is 1. The number of halogens is 2. The lowest BCUT2D eigenvalue weighted by Crippen LogP contribution is -2.24. The summed E-state index contributed by atoms with van der Waals surface area (Å²) in [6.07, 6.45) is 1.63. The highest BCUT2D eigenvalue weighted by atomic mass is 79.9. The van der Waals surface area contributed by atoms with Crippen molar-refractivity contribution < 1.29 is 0 Å². The molecule has 0 aliphatic heterocycles. The molecule has 0 aromatic heterocycles. The van der Waals surface area contributed by atoms with Crippen molar-refractivity contribution in [1.82, 2.24) is 5.43 Å². The van der Waals surface area contributed by atoms with Gasteiger partial charge in [-0.05, 0) is 24.4 Å². The minimum absolute atomic E-state index is 0.143. The Balaban J connectivity index is 2.85. The second-order valence-corrected chi connectivity index (χ2v) is 4.52. The van der Waals surface area contributed by atoms with Gasteiger partial charge in [-0.3, -0.25) is 5.43 Å². The fraction of sp³-hybridized carbons (Fsp3) is 0. The molecular weight excluding hydrogens is 330 g/mol. The van der Waals surface area contributed by atoms with E-state index >= 15 is 0 Å². The van der Waals surface area contributed by atoms with Crippen molar-refractivity contribution in [2.24, 2.45) is 10.8 Å². The lowest BCUT2D eigenvalue weighted by atomic mass is 10.2. The third kappa shape index (κ3) is 3.36. The minimum Gasteiger partial charge on any atom is -0.375 e. The van der Waals surface area contributed by atoms with Gasteiger partial charge in [0.15, 0.2) is 5.11 Å². The number of hydrazone groups is 1. The van der Waals surface area contributed by atoms with Crippen LogP contribution in [0.2, 0.25) is 0 Å². The van der Waals surface area contributed by atoms with Gasteiger partial charge in [-0.15, -0.1) is 0 Å². The summed E-state index contributed by atoms with van der Waals surface area (Å²) in [6.45, 7) is 0. The number of nitrogens with two attached hydrogens (primary N) is 1. The van der Waals surface area contributed by atoms with E-state index in [1.54, 1.807) is 6.21 Å². The number of hydrogen-bond donors (Lipinski definition) is 2. The Morgan fingerprint density at radius 1 is 1.43 bits per heavy atom. The summed E-state index contributed by atoms with van der Waals surface area (Å²) in [7, 11) is 0. The summed E-state index contributed by atoms with van der Waals surface area (Å²) in [5, 5.41) is 4.00. The molecule has 74 valence electrons. The first-order chi connectivity index (χ1) is 6.61. The van der Waals surface area contributed by atoms with Gasteiger partial charge in [0.25, 0.3) is 0 Å². The maximum Gasteiger partial charge on any atom is 0.184 e. The van der Waals surface area contributed by atoms with Crippen LogP contribution in [0, 0.1) is 0 Å². The van der Waals surface area contributed by atoms with Crippen molar-refractivity contribution in [3.05, 3.63) is 32.7 Å². The van der Waals surface area contributed by atoms with E-state index < -0.39 is 0 Å². The van der Waals surface area contributed by atoms with E-state index in [9.17, 15) is 0 Å². The molecule has 0 atom stereocenters. The smallest absolute Gasteiger partial charge is 0.184 e. The van der Waals surface area contributed by atoms with E-state index in [4.69, 9.17) is 5.73 Å². The van der Waals surface area contributed by atoms with Crippen LogP contribution in [-0.4, -0.2) is 11.3 Å². The topological polar surface area (TPSA) is 50.4 Å². The first-order valence-electron chi connectivity index (χ1n) is 3.64. The number of thiocarbonyl (C=S) groups is 1. The van der Waals surface area contributed by atoms with Crippen LogP contribution >= 0.6 is 44.1 Å². The van der Waals surface area contributed by atoms with E-state index in [-0.39, 0.29) is 5.11 Å². The number of nitrogens with zero attached hydrogens (tertiary/aromatic N) is 1. The molecule has 1 aromatic rings. The van der Waals surface area contributed by atoms with Crippen molar-refractivity contribution in [2.45, 2.75) is 0 Å². The van der Waals surface area contributed by atoms with Crippen LogP contribution in [0.5, 0.6) is 0 Å². The zero-order valence-electron chi connectivity index (χ0n) is 7.00. The Hall–Kier alpha value is -0.460. The molecule has 3 nitrogen and oxygen atoms in total. The van der Waals surface area contributed by atoms with E-state index in [1.807, 2.05) is 18.2 Å². The average Bonchev–Trinajstić information content (AvgIpc) is 2.09. The Morgan fingerprint density at radius 3 is 2.50 bits per heavy atom. The molecular formula is C8H7Br2N3S. The number of rotatable bonds is 2. The van der Waals surface area contributed by atoms with Crippen LogP contribution in [-0.2, 0) is 0 Å². The first-order valence-corrected chi connectivity index (χ1v) is 5.63. The molecule has 3 N–H and O–H groups in total. The SMILES string of the molecule is NC(=S)NN=Cc1c(Br)cccc1Br. The van der Waals surface area contributed by atoms with Crippen LogP contribution in [0.15, 0.2) is 32.2 Å². The molecule has 0 heterocycles. The summed E-state index contributed by atoms with van der Waals surface area (Å²) >= 11 is 11.4. The molecule has 0 fully saturated rings. The van der Waals surface area contributed by atoms with Crippen molar-refractivity contribution in [3.63, 3.8) is 0 Å². The average molecular weight is 337 g/mol. The molecule has 0 saturated carbocycles. The quantitative estimate of drug-likeness (QED) is 0.495. The standard InChI is InChI=1S/C8H7Br2N3S/c9-6-2-1-3-7(10)5(6)4-12-13-8(11)14/h1-4H,(H3,11,13,14). The summed E-state index contributed by atoms with van der Waals surface area (Å²) in [6, 6.07) is 5.77. The fourth-order valence-corrected chi connectivity index (χ4v) is 2.05. The molecule has 0 aliphatic carbocycles. The normalized spacial score (nSPS) is 10.4. The monoisotopic (exact) mass is 335 g/mol. The van der Waals surface area contributed by atoms with Gasteiger partial charge in [0.05, 0.1) is 6.21 Å². The molecule has 0 aliphatic rings. The van der Waals surface area contributed by atoms with Gasteiger partial charge in [-0.25, -0.2) is 0 Å². The Kier molecular flexibility index (Phi) is 4.50. The largest absolute Gasteiger partial charge is 0.375 e. The van der Waals surface area contributed by atoms with Gasteiger partial charge in [-0.2, -0.15) is 5.10 Å². The maximum absolute atomic E-state index is 5.22. The van der Waals surface area contributed by atoms with Gasteiger partial charge in [0.1, 0.15) is 0 Å². The molecule has 0 amide bonds. The van der Waals surface area contributed by atoms with Crippen LogP contribution < -0.4 is 11.2 Å².